The van der Waals surface area contributed by atoms with Crippen LogP contribution in [0.4, 0.5) is 0 Å². The van der Waals surface area contributed by atoms with Crippen LogP contribution in [0.1, 0.15) is 44.2 Å². The number of nitrogens with zero attached hydrogens (tertiary/aromatic N) is 3. The summed E-state index contributed by atoms with van der Waals surface area (Å²) in [5.74, 6) is 1.07. The van der Waals surface area contributed by atoms with Crippen LogP contribution in [0.3, 0.4) is 0 Å². The molecule has 0 bridgehead atoms. The van der Waals surface area contributed by atoms with Crippen molar-refractivity contribution in [3.05, 3.63) is 30.1 Å². The summed E-state index contributed by atoms with van der Waals surface area (Å²) in [6, 6.07) is 6.09. The van der Waals surface area contributed by atoms with Gasteiger partial charge in [0.25, 0.3) is 0 Å². The van der Waals surface area contributed by atoms with Gasteiger partial charge in [0.05, 0.1) is 0 Å². The average Bonchev–Trinajstić information content (AvgIpc) is 2.96. The zero-order chi connectivity index (χ0) is 15.3. The van der Waals surface area contributed by atoms with Crippen molar-refractivity contribution in [2.45, 2.75) is 44.9 Å². The number of aliphatic imine (C=N–C) groups is 1. The molecule has 0 atom stereocenters. The fourth-order valence-corrected chi connectivity index (χ4v) is 4.01. The third kappa shape index (κ3) is 4.81. The maximum atomic E-state index is 4.49. The van der Waals surface area contributed by atoms with Crippen LogP contribution in [0, 0.1) is 5.41 Å². The molecule has 1 N–H and O–H groups in total. The Hall–Kier alpha value is -0.850. The quantitative estimate of drug-likeness (QED) is 0.456. The summed E-state index contributed by atoms with van der Waals surface area (Å²) >= 11 is 0. The lowest BCUT2D eigenvalue weighted by molar-refractivity contribution is 0.203. The normalized spacial score (nSPS) is 20.4. The summed E-state index contributed by atoms with van der Waals surface area (Å²) < 4.78 is 0. The van der Waals surface area contributed by atoms with E-state index in [4.69, 9.17) is 0 Å². The lowest BCUT2D eigenvalue weighted by atomic mass is 9.73. The number of likely N-dealkylation sites (tertiary alicyclic amines) is 1. The number of hydrogen-bond donors (Lipinski definition) is 1. The van der Waals surface area contributed by atoms with Crippen molar-refractivity contribution in [3.8, 4) is 0 Å². The molecule has 1 aromatic rings. The van der Waals surface area contributed by atoms with Crippen molar-refractivity contribution >= 4 is 29.9 Å². The lowest BCUT2D eigenvalue weighted by Gasteiger charge is -2.33. The number of hydrogen-bond acceptors (Lipinski definition) is 2. The van der Waals surface area contributed by atoms with Crippen LogP contribution in [-0.2, 0) is 6.42 Å². The van der Waals surface area contributed by atoms with Gasteiger partial charge in [0.2, 0.25) is 0 Å². The van der Waals surface area contributed by atoms with E-state index >= 15 is 0 Å². The third-order valence-electron chi connectivity index (χ3n) is 5.25. The van der Waals surface area contributed by atoms with Crippen LogP contribution in [0.15, 0.2) is 29.4 Å². The van der Waals surface area contributed by atoms with E-state index in [-0.39, 0.29) is 24.0 Å². The van der Waals surface area contributed by atoms with Crippen LogP contribution >= 0.6 is 24.0 Å². The molecule has 1 aliphatic carbocycles. The number of nitrogens with one attached hydrogen (secondary N) is 1. The summed E-state index contributed by atoms with van der Waals surface area (Å²) in [6.45, 7) is 3.24. The van der Waals surface area contributed by atoms with Crippen LogP contribution in [0.5, 0.6) is 0 Å². The molecule has 1 aromatic heterocycles. The Morgan fingerprint density at radius 1 is 1.26 bits per heavy atom. The minimum absolute atomic E-state index is 0. The highest BCUT2D eigenvalue weighted by molar-refractivity contribution is 14.0. The van der Waals surface area contributed by atoms with Crippen LogP contribution < -0.4 is 5.32 Å². The highest BCUT2D eigenvalue weighted by Gasteiger charge is 2.39. The molecule has 3 rings (SSSR count). The monoisotopic (exact) mass is 428 g/mol. The Morgan fingerprint density at radius 3 is 2.78 bits per heavy atom. The number of rotatable bonds is 3. The molecule has 2 aliphatic rings. The van der Waals surface area contributed by atoms with E-state index in [0.717, 1.165) is 31.2 Å². The first-order valence-corrected chi connectivity index (χ1v) is 8.67. The van der Waals surface area contributed by atoms with Crippen molar-refractivity contribution in [3.63, 3.8) is 0 Å². The SMILES string of the molecule is CN=C(NCCc1ccccn1)N1CCC2(CCCCC2)C1.I. The maximum absolute atomic E-state index is 4.49. The number of pyridine rings is 1. The predicted octanol–water partition coefficient (Wildman–Crippen LogP) is 3.47. The number of guanidine groups is 1. The zero-order valence-corrected chi connectivity index (χ0v) is 16.5. The lowest BCUT2D eigenvalue weighted by Crippen LogP contribution is -2.42. The van der Waals surface area contributed by atoms with Crippen LogP contribution in [0.2, 0.25) is 0 Å². The Labute approximate surface area is 157 Å². The maximum Gasteiger partial charge on any atom is 0.193 e. The fraction of sp³-hybridized carbons (Fsp3) is 0.667. The topological polar surface area (TPSA) is 40.5 Å². The molecule has 1 saturated carbocycles. The first kappa shape index (κ1) is 18.5. The molecule has 1 aliphatic heterocycles. The zero-order valence-electron chi connectivity index (χ0n) is 14.1. The van der Waals surface area contributed by atoms with Gasteiger partial charge >= 0.3 is 0 Å². The van der Waals surface area contributed by atoms with Gasteiger partial charge in [-0.3, -0.25) is 9.98 Å². The minimum Gasteiger partial charge on any atom is -0.356 e. The van der Waals surface area contributed by atoms with Gasteiger partial charge in [-0.05, 0) is 36.8 Å². The van der Waals surface area contributed by atoms with E-state index in [1.54, 1.807) is 0 Å². The molecule has 23 heavy (non-hydrogen) atoms. The standard InChI is InChI=1S/C18H28N4.HI/c1-19-17(21-13-8-16-7-3-6-12-20-16)22-14-11-18(15-22)9-4-2-5-10-18;/h3,6-7,12H,2,4-5,8-11,13-15H2,1H3,(H,19,21);1H. The van der Waals surface area contributed by atoms with Crippen molar-refractivity contribution < 1.29 is 0 Å². The molecule has 4 nitrogen and oxygen atoms in total. The molecule has 5 heteroatoms. The average molecular weight is 428 g/mol. The summed E-state index contributed by atoms with van der Waals surface area (Å²) in [5, 5.41) is 3.52. The molecule has 1 saturated heterocycles. The number of aromatic nitrogens is 1. The van der Waals surface area contributed by atoms with Gasteiger partial charge in [-0.1, -0.05) is 25.3 Å². The van der Waals surface area contributed by atoms with Gasteiger partial charge in [-0.25, -0.2) is 0 Å². The smallest absolute Gasteiger partial charge is 0.193 e. The van der Waals surface area contributed by atoms with Crippen LogP contribution in [0.25, 0.3) is 0 Å². The Kier molecular flexibility index (Phi) is 7.11. The summed E-state index contributed by atoms with van der Waals surface area (Å²) in [6.07, 6.45) is 11.2. The molecule has 1 spiro atoms. The van der Waals surface area contributed by atoms with Gasteiger partial charge in [0.1, 0.15) is 0 Å². The van der Waals surface area contributed by atoms with E-state index in [9.17, 15) is 0 Å². The van der Waals surface area contributed by atoms with Gasteiger partial charge in [-0.2, -0.15) is 0 Å². The van der Waals surface area contributed by atoms with Gasteiger partial charge in [0, 0.05) is 45.0 Å². The van der Waals surface area contributed by atoms with Crippen LogP contribution in [-0.4, -0.2) is 42.5 Å². The summed E-state index contributed by atoms with van der Waals surface area (Å²) in [4.78, 5) is 11.3. The summed E-state index contributed by atoms with van der Waals surface area (Å²) in [5.41, 5.74) is 1.72. The minimum atomic E-state index is 0. The van der Waals surface area contributed by atoms with Gasteiger partial charge < -0.3 is 10.2 Å². The Balaban J connectivity index is 0.00000192. The predicted molar refractivity (Wildman–Crippen MR) is 106 cm³/mol. The van der Waals surface area contributed by atoms with E-state index in [1.165, 1.54) is 45.1 Å². The molecule has 2 heterocycles. The van der Waals surface area contributed by atoms with E-state index < -0.39 is 0 Å². The first-order chi connectivity index (χ1) is 10.8. The summed E-state index contributed by atoms with van der Waals surface area (Å²) in [7, 11) is 1.90. The van der Waals surface area contributed by atoms with Crippen molar-refractivity contribution in [1.82, 2.24) is 15.2 Å². The Bertz CT molecular complexity index is 497. The highest BCUT2D eigenvalue weighted by Crippen LogP contribution is 2.43. The van der Waals surface area contributed by atoms with Gasteiger partial charge in [-0.15, -0.1) is 24.0 Å². The molecule has 0 amide bonds. The molecule has 0 radical (unpaired) electrons. The number of halogens is 1. The molecule has 0 unspecified atom stereocenters. The van der Waals surface area contributed by atoms with E-state index in [2.05, 4.69) is 26.3 Å². The van der Waals surface area contributed by atoms with Crippen molar-refractivity contribution in [2.24, 2.45) is 10.4 Å². The second-order valence-corrected chi connectivity index (χ2v) is 6.78. The van der Waals surface area contributed by atoms with E-state index in [1.807, 2.05) is 25.4 Å². The van der Waals surface area contributed by atoms with Gasteiger partial charge in [0.15, 0.2) is 5.96 Å². The molecular weight excluding hydrogens is 399 g/mol. The second-order valence-electron chi connectivity index (χ2n) is 6.78. The second kappa shape index (κ2) is 8.85. The third-order valence-corrected chi connectivity index (χ3v) is 5.25. The molecule has 0 aromatic carbocycles. The fourth-order valence-electron chi connectivity index (χ4n) is 4.01. The molecule has 2 fully saturated rings. The van der Waals surface area contributed by atoms with Crippen molar-refractivity contribution in [2.75, 3.05) is 26.7 Å². The largest absolute Gasteiger partial charge is 0.356 e. The van der Waals surface area contributed by atoms with E-state index in [0.29, 0.717) is 5.41 Å². The Morgan fingerprint density at radius 2 is 2.09 bits per heavy atom. The first-order valence-electron chi connectivity index (χ1n) is 8.67. The molecular formula is C18H29IN4. The molecule has 128 valence electrons. The van der Waals surface area contributed by atoms with Crippen molar-refractivity contribution in [1.29, 1.82) is 0 Å². The highest BCUT2D eigenvalue weighted by atomic mass is 127.